The molecule has 0 aliphatic carbocycles. The van der Waals surface area contributed by atoms with Crippen molar-refractivity contribution in [2.75, 3.05) is 14.1 Å². The molecular formula is C17H37N3. The van der Waals surface area contributed by atoms with Crippen molar-refractivity contribution in [3.05, 3.63) is 0 Å². The molecule has 20 heavy (non-hydrogen) atoms. The van der Waals surface area contributed by atoms with E-state index in [1.165, 1.54) is 19.3 Å². The summed E-state index contributed by atoms with van der Waals surface area (Å²) in [6.45, 7) is 18.8. The highest BCUT2D eigenvalue weighted by atomic mass is 15.6. The van der Waals surface area contributed by atoms with Crippen molar-refractivity contribution < 1.29 is 0 Å². The fourth-order valence-corrected chi connectivity index (χ4v) is 4.30. The summed E-state index contributed by atoms with van der Waals surface area (Å²) in [5.74, 6) is 0. The van der Waals surface area contributed by atoms with Crippen LogP contribution in [0.4, 0.5) is 0 Å². The Kier molecular flexibility index (Phi) is 5.01. The van der Waals surface area contributed by atoms with Crippen molar-refractivity contribution in [1.29, 1.82) is 0 Å². The maximum absolute atomic E-state index is 2.73. The Labute approximate surface area is 127 Å². The van der Waals surface area contributed by atoms with Crippen LogP contribution < -0.4 is 0 Å². The zero-order chi connectivity index (χ0) is 15.9. The van der Waals surface area contributed by atoms with Gasteiger partial charge in [-0.1, -0.05) is 20.3 Å². The summed E-state index contributed by atoms with van der Waals surface area (Å²) in [6.07, 6.45) is 3.73. The lowest BCUT2D eigenvalue weighted by Gasteiger charge is -2.69. The normalized spacial score (nSPS) is 28.5. The molecule has 0 aromatic rings. The van der Waals surface area contributed by atoms with E-state index in [0.717, 1.165) is 0 Å². The van der Waals surface area contributed by atoms with Crippen LogP contribution in [0.25, 0.3) is 0 Å². The van der Waals surface area contributed by atoms with Crippen LogP contribution in [0, 0.1) is 0 Å². The summed E-state index contributed by atoms with van der Waals surface area (Å²) >= 11 is 0. The standard InChI is InChI=1S/C17H37N3/c1-11-13-14(12-2)20-16(5,6)18(9)15(3,4)19(10)17(20,7)8/h14H,11-13H2,1-10H3. The lowest BCUT2D eigenvalue weighted by Crippen LogP contribution is -2.82. The van der Waals surface area contributed by atoms with Gasteiger partial charge in [0.05, 0.1) is 17.0 Å². The lowest BCUT2D eigenvalue weighted by atomic mass is 9.89. The zero-order valence-corrected chi connectivity index (χ0v) is 15.5. The van der Waals surface area contributed by atoms with Gasteiger partial charge in [0.15, 0.2) is 0 Å². The van der Waals surface area contributed by atoms with Gasteiger partial charge in [0.2, 0.25) is 0 Å². The van der Waals surface area contributed by atoms with Crippen molar-refractivity contribution in [2.24, 2.45) is 0 Å². The van der Waals surface area contributed by atoms with Crippen molar-refractivity contribution >= 4 is 0 Å². The molecule has 1 unspecified atom stereocenters. The van der Waals surface area contributed by atoms with Crippen LogP contribution in [0.1, 0.15) is 74.7 Å². The Hall–Kier alpha value is -0.120. The van der Waals surface area contributed by atoms with E-state index in [2.05, 4.69) is 84.2 Å². The van der Waals surface area contributed by atoms with Crippen LogP contribution in [0.5, 0.6) is 0 Å². The predicted octanol–water partition coefficient (Wildman–Crippen LogP) is 3.95. The number of nitrogens with zero attached hydrogens (tertiary/aromatic N) is 3. The van der Waals surface area contributed by atoms with Crippen molar-refractivity contribution in [3.8, 4) is 0 Å². The first-order valence-corrected chi connectivity index (χ1v) is 8.22. The smallest absolute Gasteiger partial charge is 0.0709 e. The van der Waals surface area contributed by atoms with Crippen LogP contribution in [0.3, 0.4) is 0 Å². The minimum absolute atomic E-state index is 0.0496. The highest BCUT2D eigenvalue weighted by molar-refractivity contribution is 5.05. The van der Waals surface area contributed by atoms with Gasteiger partial charge in [0, 0.05) is 6.04 Å². The lowest BCUT2D eigenvalue weighted by molar-refractivity contribution is -0.279. The summed E-state index contributed by atoms with van der Waals surface area (Å²) in [5.41, 5.74) is 0.152. The number of hydrogen-bond acceptors (Lipinski definition) is 3. The highest BCUT2D eigenvalue weighted by Crippen LogP contribution is 2.44. The number of rotatable bonds is 4. The van der Waals surface area contributed by atoms with Gasteiger partial charge < -0.3 is 0 Å². The van der Waals surface area contributed by atoms with Gasteiger partial charge in [0.1, 0.15) is 0 Å². The maximum Gasteiger partial charge on any atom is 0.0709 e. The molecule has 0 amide bonds. The van der Waals surface area contributed by atoms with Gasteiger partial charge in [-0.05, 0) is 68.5 Å². The van der Waals surface area contributed by atoms with E-state index in [4.69, 9.17) is 0 Å². The predicted molar refractivity (Wildman–Crippen MR) is 88.6 cm³/mol. The molecule has 120 valence electrons. The molecule has 1 aliphatic rings. The zero-order valence-electron chi connectivity index (χ0n) is 15.5. The molecule has 0 spiro atoms. The quantitative estimate of drug-likeness (QED) is 0.773. The van der Waals surface area contributed by atoms with Gasteiger partial charge in [-0.2, -0.15) is 0 Å². The van der Waals surface area contributed by atoms with Crippen LogP contribution in [0.2, 0.25) is 0 Å². The van der Waals surface area contributed by atoms with Gasteiger partial charge >= 0.3 is 0 Å². The highest BCUT2D eigenvalue weighted by Gasteiger charge is 2.56. The van der Waals surface area contributed by atoms with Gasteiger partial charge in [-0.15, -0.1) is 0 Å². The molecule has 0 aromatic heterocycles. The summed E-state index contributed by atoms with van der Waals surface area (Å²) in [5, 5.41) is 0. The molecule has 1 fully saturated rings. The number of hydrogen-bond donors (Lipinski definition) is 0. The molecule has 1 aliphatic heterocycles. The van der Waals surface area contributed by atoms with Gasteiger partial charge in [-0.25, -0.2) is 0 Å². The molecule has 0 radical (unpaired) electrons. The van der Waals surface area contributed by atoms with E-state index in [0.29, 0.717) is 6.04 Å². The third-order valence-electron chi connectivity index (χ3n) is 5.92. The second-order valence-corrected chi connectivity index (χ2v) is 7.82. The van der Waals surface area contributed by atoms with E-state index >= 15 is 0 Å². The maximum atomic E-state index is 2.73. The Bertz CT molecular complexity index is 309. The Morgan fingerprint density at radius 2 is 1.15 bits per heavy atom. The molecule has 0 aromatic carbocycles. The summed E-state index contributed by atoms with van der Waals surface area (Å²) in [6, 6.07) is 0.631. The molecule has 1 saturated heterocycles. The first-order valence-electron chi connectivity index (χ1n) is 8.22. The van der Waals surface area contributed by atoms with Crippen molar-refractivity contribution in [2.45, 2.75) is 97.7 Å². The molecule has 0 saturated carbocycles. The molecule has 1 heterocycles. The van der Waals surface area contributed by atoms with E-state index in [-0.39, 0.29) is 17.0 Å². The first-order chi connectivity index (χ1) is 8.95. The Balaban J connectivity index is 3.33. The van der Waals surface area contributed by atoms with Gasteiger partial charge in [-0.3, -0.25) is 14.7 Å². The van der Waals surface area contributed by atoms with Crippen LogP contribution in [-0.4, -0.2) is 51.8 Å². The molecule has 3 heteroatoms. The molecule has 1 rings (SSSR count). The molecular weight excluding hydrogens is 246 g/mol. The Morgan fingerprint density at radius 3 is 1.45 bits per heavy atom. The van der Waals surface area contributed by atoms with Crippen molar-refractivity contribution in [1.82, 2.24) is 14.7 Å². The van der Waals surface area contributed by atoms with Crippen molar-refractivity contribution in [3.63, 3.8) is 0 Å². The average molecular weight is 284 g/mol. The first kappa shape index (κ1) is 17.9. The summed E-state index contributed by atoms with van der Waals surface area (Å²) < 4.78 is 0. The molecule has 3 nitrogen and oxygen atoms in total. The molecule has 0 N–H and O–H groups in total. The van der Waals surface area contributed by atoms with Crippen LogP contribution >= 0.6 is 0 Å². The monoisotopic (exact) mass is 283 g/mol. The second-order valence-electron chi connectivity index (χ2n) is 7.82. The van der Waals surface area contributed by atoms with E-state index in [1.807, 2.05) is 0 Å². The van der Waals surface area contributed by atoms with E-state index in [1.54, 1.807) is 0 Å². The molecule has 0 bridgehead atoms. The van der Waals surface area contributed by atoms with Crippen LogP contribution in [0.15, 0.2) is 0 Å². The minimum atomic E-state index is 0.0496. The fraction of sp³-hybridized carbons (Fsp3) is 1.00. The summed E-state index contributed by atoms with van der Waals surface area (Å²) in [7, 11) is 4.52. The van der Waals surface area contributed by atoms with E-state index < -0.39 is 0 Å². The SMILES string of the molecule is CCCC(CC)N1C(C)(C)N(C)C(C)(C)N(C)C1(C)C. The summed E-state index contributed by atoms with van der Waals surface area (Å²) in [4.78, 5) is 7.77. The average Bonchev–Trinajstić information content (AvgIpc) is 2.34. The third kappa shape index (κ3) is 2.53. The largest absolute Gasteiger partial charge is 0.271 e. The van der Waals surface area contributed by atoms with E-state index in [9.17, 15) is 0 Å². The topological polar surface area (TPSA) is 9.72 Å². The van der Waals surface area contributed by atoms with Gasteiger partial charge in [0.25, 0.3) is 0 Å². The van der Waals surface area contributed by atoms with Crippen LogP contribution in [-0.2, 0) is 0 Å². The minimum Gasteiger partial charge on any atom is -0.271 e. The second kappa shape index (κ2) is 5.58. The fourth-order valence-electron chi connectivity index (χ4n) is 4.30. The Morgan fingerprint density at radius 1 is 0.750 bits per heavy atom. The molecule has 1 atom stereocenters. The third-order valence-corrected chi connectivity index (χ3v) is 5.92.